The molecule has 76 heavy (non-hydrogen) atoms. The molecule has 19 nitrogen and oxygen atoms in total. The standard InChI is InChI=1S/C57H77N9O10/c1-32(58-9)49(68)63-47(56(3,4)5)54(73)65-30-34(27-42(65)52(71)61-40-23-25-75-45-17-13-11-15-38(40)45)28-44(67)35-19-21-36(22-20-35)51(70)60-37-29-43(53(72)62-41-24-26-76-46-18-14-12-16-39(41)46)66(31-37)55(74)48(57(6,7)8)64-50(69)33(2)59-10/h11-22,32-34,37,40-43,47-48,58-59H,23-31H2,1-10H3,(H,60,70)(H,61,71)(H,62,72)(H,63,68)(H,64,69)/t32-,33-,34+,37-,40+,41+,42-,43-,47+,48+/m0/s1. The van der Waals surface area contributed by atoms with E-state index < -0.39 is 82.7 Å². The van der Waals surface area contributed by atoms with Crippen LogP contribution < -0.4 is 46.7 Å². The molecule has 3 aromatic rings. The summed E-state index contributed by atoms with van der Waals surface area (Å²) < 4.78 is 11.7. The lowest BCUT2D eigenvalue weighted by Crippen LogP contribution is -2.59. The number of ether oxygens (including phenoxy) is 2. The van der Waals surface area contributed by atoms with Crippen molar-refractivity contribution in [3.8, 4) is 11.5 Å². The molecule has 4 aliphatic heterocycles. The molecule has 0 aliphatic carbocycles. The largest absolute Gasteiger partial charge is 0.493 e. The van der Waals surface area contributed by atoms with E-state index in [9.17, 15) is 38.4 Å². The first kappa shape index (κ1) is 56.9. The topological polar surface area (TPSA) is 246 Å². The van der Waals surface area contributed by atoms with Crippen LogP contribution in [0.3, 0.4) is 0 Å². The van der Waals surface area contributed by atoms with Crippen LogP contribution in [0.1, 0.15) is 131 Å². The number of rotatable bonds is 17. The molecule has 2 saturated heterocycles. The molecule has 10 atom stereocenters. The summed E-state index contributed by atoms with van der Waals surface area (Å²) in [6.07, 6.45) is 1.35. The van der Waals surface area contributed by atoms with Crippen molar-refractivity contribution in [2.45, 2.75) is 142 Å². The number of para-hydroxylation sites is 2. The van der Waals surface area contributed by atoms with Gasteiger partial charge in [-0.25, -0.2) is 0 Å². The van der Waals surface area contributed by atoms with Gasteiger partial charge in [0.2, 0.25) is 35.4 Å². The number of ketones is 1. The van der Waals surface area contributed by atoms with Crippen LogP contribution in [-0.4, -0.2) is 140 Å². The van der Waals surface area contributed by atoms with Crippen LogP contribution in [0.5, 0.6) is 11.5 Å². The van der Waals surface area contributed by atoms with E-state index in [1.807, 2.05) is 90.1 Å². The molecule has 3 aromatic carbocycles. The number of nitrogens with zero attached hydrogens (tertiary/aromatic N) is 2. The quantitative estimate of drug-likeness (QED) is 0.0957. The minimum Gasteiger partial charge on any atom is -0.493 e. The highest BCUT2D eigenvalue weighted by Gasteiger charge is 2.48. The van der Waals surface area contributed by atoms with Crippen molar-refractivity contribution in [3.63, 3.8) is 0 Å². The summed E-state index contributed by atoms with van der Waals surface area (Å²) in [6.45, 7) is 15.3. The summed E-state index contributed by atoms with van der Waals surface area (Å²) in [7, 11) is 3.30. The maximum Gasteiger partial charge on any atom is 0.251 e. The van der Waals surface area contributed by atoms with Crippen molar-refractivity contribution in [2.24, 2.45) is 16.7 Å². The Morgan fingerprint density at radius 1 is 0.579 bits per heavy atom. The number of hydrogen-bond donors (Lipinski definition) is 7. The molecule has 4 aliphatic rings. The Hall–Kier alpha value is -6.86. The van der Waals surface area contributed by atoms with E-state index in [0.717, 1.165) is 11.1 Å². The number of carbonyl (C=O) groups is 8. The molecule has 0 bridgehead atoms. The van der Waals surface area contributed by atoms with Crippen LogP contribution in [-0.2, 0) is 28.8 Å². The van der Waals surface area contributed by atoms with Crippen LogP contribution >= 0.6 is 0 Å². The van der Waals surface area contributed by atoms with Crippen molar-refractivity contribution in [3.05, 3.63) is 95.1 Å². The van der Waals surface area contributed by atoms with Gasteiger partial charge in [0.15, 0.2) is 5.78 Å². The van der Waals surface area contributed by atoms with Gasteiger partial charge in [-0.2, -0.15) is 0 Å². The molecule has 0 saturated carbocycles. The van der Waals surface area contributed by atoms with E-state index >= 15 is 0 Å². The molecule has 7 rings (SSSR count). The lowest BCUT2D eigenvalue weighted by Gasteiger charge is -2.36. The molecule has 2 fully saturated rings. The first-order chi connectivity index (χ1) is 36.0. The number of amides is 7. The molecule has 0 unspecified atom stereocenters. The fourth-order valence-electron chi connectivity index (χ4n) is 10.4. The summed E-state index contributed by atoms with van der Waals surface area (Å²) in [4.78, 5) is 115. The van der Waals surface area contributed by atoms with E-state index in [1.165, 1.54) is 21.9 Å². The average Bonchev–Trinajstić information content (AvgIpc) is 4.03. The number of carbonyl (C=O) groups excluding carboxylic acids is 8. The second kappa shape index (κ2) is 24.0. The van der Waals surface area contributed by atoms with Crippen LogP contribution in [0, 0.1) is 16.7 Å². The zero-order valence-electron chi connectivity index (χ0n) is 45.5. The van der Waals surface area contributed by atoms with E-state index in [0.29, 0.717) is 43.1 Å². The molecule has 4 heterocycles. The Morgan fingerprint density at radius 3 is 1.47 bits per heavy atom. The normalized spacial score (nSPS) is 22.7. The lowest BCUT2D eigenvalue weighted by atomic mass is 9.85. The van der Waals surface area contributed by atoms with Crippen molar-refractivity contribution < 1.29 is 47.8 Å². The zero-order chi connectivity index (χ0) is 55.2. The van der Waals surface area contributed by atoms with Crippen molar-refractivity contribution in [1.82, 2.24) is 47.0 Å². The SMILES string of the molecule is CN[C@@H](C)C(=O)N[C@H](C(=O)N1C[C@@H](CC(=O)c2ccc(C(=O)N[C@H]3C[C@@H](C(=O)N[C@@H]4CCOc5ccccc54)N(C(=O)[C@@H](NC(=O)[C@H](C)NC)C(C)(C)C)C3)cc2)C[C@H]1C(=O)N[C@@H]1CCOc2ccccc21)C(C)(C)C. The van der Waals surface area contributed by atoms with Crippen LogP contribution in [0.2, 0.25) is 0 Å². The zero-order valence-corrected chi connectivity index (χ0v) is 45.5. The van der Waals surface area contributed by atoms with Crippen molar-refractivity contribution >= 4 is 47.1 Å². The number of fused-ring (bicyclic) bond motifs is 2. The molecule has 410 valence electrons. The van der Waals surface area contributed by atoms with E-state index in [2.05, 4.69) is 37.2 Å². The Morgan fingerprint density at radius 2 is 1.01 bits per heavy atom. The minimum atomic E-state index is -0.999. The predicted molar refractivity (Wildman–Crippen MR) is 285 cm³/mol. The molecule has 19 heteroatoms. The highest BCUT2D eigenvalue weighted by atomic mass is 16.5. The van der Waals surface area contributed by atoms with Gasteiger partial charge in [0.1, 0.15) is 35.7 Å². The third kappa shape index (κ3) is 13.2. The van der Waals surface area contributed by atoms with E-state index in [1.54, 1.807) is 40.1 Å². The van der Waals surface area contributed by atoms with Gasteiger partial charge in [-0.3, -0.25) is 38.4 Å². The number of likely N-dealkylation sites (tertiary alicyclic amines) is 2. The van der Waals surface area contributed by atoms with Crippen molar-refractivity contribution in [1.29, 1.82) is 0 Å². The molecule has 0 radical (unpaired) electrons. The molecule has 7 amide bonds. The highest BCUT2D eigenvalue weighted by molar-refractivity contribution is 6.00. The number of hydrogen-bond acceptors (Lipinski definition) is 12. The number of nitrogens with one attached hydrogen (secondary N) is 7. The smallest absolute Gasteiger partial charge is 0.251 e. The van der Waals surface area contributed by atoms with Crippen LogP contribution in [0.15, 0.2) is 72.8 Å². The van der Waals surface area contributed by atoms with Gasteiger partial charge >= 0.3 is 0 Å². The highest BCUT2D eigenvalue weighted by Crippen LogP contribution is 2.36. The van der Waals surface area contributed by atoms with Crippen molar-refractivity contribution in [2.75, 3.05) is 40.4 Å². The Kier molecular flexibility index (Phi) is 18.0. The first-order valence-corrected chi connectivity index (χ1v) is 26.5. The van der Waals surface area contributed by atoms with Crippen LogP contribution in [0.4, 0.5) is 0 Å². The summed E-state index contributed by atoms with van der Waals surface area (Å²) in [6, 6.07) is 14.7. The van der Waals surface area contributed by atoms with E-state index in [4.69, 9.17) is 9.47 Å². The van der Waals surface area contributed by atoms with Crippen LogP contribution in [0.25, 0.3) is 0 Å². The second-order valence-electron chi connectivity index (χ2n) is 22.8. The third-order valence-corrected chi connectivity index (χ3v) is 15.1. The maximum atomic E-state index is 14.6. The fourth-order valence-corrected chi connectivity index (χ4v) is 10.4. The lowest BCUT2D eigenvalue weighted by molar-refractivity contribution is -0.144. The number of likely N-dealkylation sites (N-methyl/N-ethyl adjacent to an activating group) is 2. The Bertz CT molecular complexity index is 2470. The monoisotopic (exact) mass is 1050 g/mol. The predicted octanol–water partition coefficient (Wildman–Crippen LogP) is 3.73. The molecule has 0 spiro atoms. The number of benzene rings is 3. The summed E-state index contributed by atoms with van der Waals surface area (Å²) in [5.41, 5.74) is 0.749. The Labute approximate surface area is 446 Å². The fraction of sp³-hybridized carbons (Fsp3) is 0.544. The number of Topliss-reactive ketones (excluding diaryl/α,β-unsaturated/α-hetero) is 1. The van der Waals surface area contributed by atoms with Gasteiger partial charge in [0, 0.05) is 60.6 Å². The molecule has 0 aromatic heterocycles. The summed E-state index contributed by atoms with van der Waals surface area (Å²) in [5.74, 6) is -2.18. The minimum absolute atomic E-state index is 0.00127. The third-order valence-electron chi connectivity index (χ3n) is 15.1. The van der Waals surface area contributed by atoms with Gasteiger partial charge in [0.05, 0.1) is 37.4 Å². The van der Waals surface area contributed by atoms with Gasteiger partial charge in [-0.05, 0) is 81.8 Å². The Balaban J connectivity index is 1.06. The average molecular weight is 1050 g/mol. The molecular weight excluding hydrogens is 971 g/mol. The van der Waals surface area contributed by atoms with Gasteiger partial charge in [0.25, 0.3) is 5.91 Å². The van der Waals surface area contributed by atoms with Gasteiger partial charge in [-0.1, -0.05) is 90.1 Å². The molecular formula is C57H77N9O10. The summed E-state index contributed by atoms with van der Waals surface area (Å²) in [5, 5.41) is 20.9. The first-order valence-electron chi connectivity index (χ1n) is 26.5. The maximum absolute atomic E-state index is 14.6. The summed E-state index contributed by atoms with van der Waals surface area (Å²) >= 11 is 0. The van der Waals surface area contributed by atoms with E-state index in [-0.39, 0.29) is 73.5 Å². The van der Waals surface area contributed by atoms with Gasteiger partial charge in [-0.15, -0.1) is 0 Å². The van der Waals surface area contributed by atoms with Gasteiger partial charge < -0.3 is 56.5 Å². The molecule has 7 N–H and O–H groups in total. The second-order valence-corrected chi connectivity index (χ2v) is 22.8.